The first-order chi connectivity index (χ1) is 11.7. The van der Waals surface area contributed by atoms with Crippen molar-refractivity contribution in [2.75, 3.05) is 64.6 Å². The molecule has 3 aliphatic rings. The summed E-state index contributed by atoms with van der Waals surface area (Å²) >= 11 is 0. The molecule has 7 nitrogen and oxygen atoms in total. The van der Waals surface area contributed by atoms with Crippen LogP contribution in [0.1, 0.15) is 10.4 Å². The Labute approximate surface area is 142 Å². The second kappa shape index (κ2) is 6.66. The molecule has 1 aromatic rings. The number of anilines is 1. The molecule has 0 saturated carbocycles. The van der Waals surface area contributed by atoms with Crippen LogP contribution >= 0.6 is 0 Å². The van der Waals surface area contributed by atoms with Crippen molar-refractivity contribution in [1.82, 2.24) is 14.8 Å². The van der Waals surface area contributed by atoms with Crippen LogP contribution in [0, 0.1) is 0 Å². The van der Waals surface area contributed by atoms with Gasteiger partial charge in [0.05, 0.1) is 49.9 Å². The van der Waals surface area contributed by atoms with E-state index in [1.54, 1.807) is 12.4 Å². The third-order valence-corrected chi connectivity index (χ3v) is 5.30. The Hall–Kier alpha value is -1.70. The number of nitrogens with zero attached hydrogens (tertiary/aromatic N) is 4. The predicted molar refractivity (Wildman–Crippen MR) is 89.3 cm³/mol. The predicted octanol–water partition coefficient (Wildman–Crippen LogP) is 0.0732. The number of hydrogen-bond acceptors (Lipinski definition) is 6. The summed E-state index contributed by atoms with van der Waals surface area (Å²) in [5, 5.41) is 0. The standard InChI is InChI=1S/C17H24N4O3/c1-19(14-11-24-12-14)13-9-21(10-13)17(22)15-2-3-18-8-16(15)20-4-6-23-7-5-20/h2-3,8,13-14H,4-7,9-12H2,1H3. The average molecular weight is 332 g/mol. The Kier molecular flexibility index (Phi) is 4.39. The molecule has 0 atom stereocenters. The second-order valence-electron chi connectivity index (χ2n) is 6.71. The highest BCUT2D eigenvalue weighted by Gasteiger charge is 2.38. The number of morpholine rings is 1. The Morgan fingerprint density at radius 3 is 2.62 bits per heavy atom. The van der Waals surface area contributed by atoms with Crippen LogP contribution in [0.25, 0.3) is 0 Å². The van der Waals surface area contributed by atoms with E-state index in [1.165, 1.54) is 0 Å². The van der Waals surface area contributed by atoms with Crippen LogP contribution in [-0.2, 0) is 9.47 Å². The molecule has 24 heavy (non-hydrogen) atoms. The van der Waals surface area contributed by atoms with E-state index in [2.05, 4.69) is 21.8 Å². The first-order valence-corrected chi connectivity index (χ1v) is 8.59. The van der Waals surface area contributed by atoms with Crippen molar-refractivity contribution in [3.63, 3.8) is 0 Å². The van der Waals surface area contributed by atoms with Crippen LogP contribution in [0.4, 0.5) is 5.69 Å². The number of rotatable bonds is 4. The van der Waals surface area contributed by atoms with Crippen LogP contribution < -0.4 is 4.90 Å². The zero-order valence-corrected chi connectivity index (χ0v) is 14.1. The highest BCUT2D eigenvalue weighted by atomic mass is 16.5. The lowest BCUT2D eigenvalue weighted by atomic mass is 10.0. The number of hydrogen-bond donors (Lipinski definition) is 0. The first kappa shape index (κ1) is 15.8. The quantitative estimate of drug-likeness (QED) is 0.778. The first-order valence-electron chi connectivity index (χ1n) is 8.59. The van der Waals surface area contributed by atoms with E-state index in [0.29, 0.717) is 25.3 Å². The van der Waals surface area contributed by atoms with Crippen molar-refractivity contribution in [1.29, 1.82) is 0 Å². The molecule has 0 aliphatic carbocycles. The maximum absolute atomic E-state index is 12.9. The highest BCUT2D eigenvalue weighted by Crippen LogP contribution is 2.26. The fourth-order valence-corrected chi connectivity index (χ4v) is 3.43. The van der Waals surface area contributed by atoms with Gasteiger partial charge in [-0.2, -0.15) is 0 Å². The number of ether oxygens (including phenoxy) is 2. The Balaban J connectivity index is 1.42. The summed E-state index contributed by atoms with van der Waals surface area (Å²) in [5.41, 5.74) is 1.68. The van der Waals surface area contributed by atoms with Gasteiger partial charge in [0.25, 0.3) is 5.91 Å². The molecule has 7 heteroatoms. The summed E-state index contributed by atoms with van der Waals surface area (Å²) in [6.45, 7) is 6.20. The van der Waals surface area contributed by atoms with E-state index in [9.17, 15) is 4.79 Å². The van der Waals surface area contributed by atoms with E-state index < -0.39 is 0 Å². The van der Waals surface area contributed by atoms with Crippen LogP contribution in [-0.4, -0.2) is 92.4 Å². The molecule has 3 fully saturated rings. The fraction of sp³-hybridized carbons (Fsp3) is 0.647. The molecule has 0 spiro atoms. The normalized spacial score (nSPS) is 22.4. The van der Waals surface area contributed by atoms with Gasteiger partial charge >= 0.3 is 0 Å². The van der Waals surface area contributed by atoms with Crippen molar-refractivity contribution in [2.24, 2.45) is 0 Å². The number of amides is 1. The smallest absolute Gasteiger partial charge is 0.256 e. The van der Waals surface area contributed by atoms with Crippen molar-refractivity contribution < 1.29 is 14.3 Å². The van der Waals surface area contributed by atoms with Gasteiger partial charge in [0.15, 0.2) is 0 Å². The van der Waals surface area contributed by atoms with Gasteiger partial charge in [0.1, 0.15) is 0 Å². The van der Waals surface area contributed by atoms with Crippen molar-refractivity contribution in [3.8, 4) is 0 Å². The lowest BCUT2D eigenvalue weighted by molar-refractivity contribution is -0.0879. The van der Waals surface area contributed by atoms with E-state index >= 15 is 0 Å². The summed E-state index contributed by atoms with van der Waals surface area (Å²) in [6, 6.07) is 2.79. The summed E-state index contributed by atoms with van der Waals surface area (Å²) in [6.07, 6.45) is 3.50. The Morgan fingerprint density at radius 1 is 1.21 bits per heavy atom. The number of likely N-dealkylation sites (N-methyl/N-ethyl adjacent to an activating group) is 1. The molecule has 0 bridgehead atoms. The number of likely N-dealkylation sites (tertiary alicyclic amines) is 1. The number of aromatic nitrogens is 1. The topological polar surface area (TPSA) is 58.1 Å². The second-order valence-corrected chi connectivity index (χ2v) is 6.71. The van der Waals surface area contributed by atoms with Crippen molar-refractivity contribution in [2.45, 2.75) is 12.1 Å². The van der Waals surface area contributed by atoms with Crippen LogP contribution in [0.15, 0.2) is 18.5 Å². The number of pyridine rings is 1. The van der Waals surface area contributed by atoms with E-state index in [4.69, 9.17) is 9.47 Å². The largest absolute Gasteiger partial charge is 0.378 e. The summed E-state index contributed by atoms with van der Waals surface area (Å²) in [4.78, 5) is 23.6. The SMILES string of the molecule is CN(C1COC1)C1CN(C(=O)c2ccncc2N2CCOCC2)C1. The number of carbonyl (C=O) groups excluding carboxylic acids is 1. The van der Waals surface area contributed by atoms with Gasteiger partial charge in [-0.15, -0.1) is 0 Å². The monoisotopic (exact) mass is 332 g/mol. The lowest BCUT2D eigenvalue weighted by Gasteiger charge is -2.48. The third kappa shape index (κ3) is 2.87. The maximum atomic E-state index is 12.9. The summed E-state index contributed by atoms with van der Waals surface area (Å²) in [5.74, 6) is 0.105. The van der Waals surface area contributed by atoms with Gasteiger partial charge in [0, 0.05) is 38.4 Å². The fourth-order valence-electron chi connectivity index (χ4n) is 3.43. The molecule has 4 heterocycles. The Morgan fingerprint density at radius 2 is 1.96 bits per heavy atom. The van der Waals surface area contributed by atoms with Crippen LogP contribution in [0.3, 0.4) is 0 Å². The molecule has 0 N–H and O–H groups in total. The Bertz CT molecular complexity index is 595. The molecule has 0 radical (unpaired) electrons. The van der Waals surface area contributed by atoms with Gasteiger partial charge in [-0.05, 0) is 13.1 Å². The van der Waals surface area contributed by atoms with Crippen LogP contribution in [0.2, 0.25) is 0 Å². The van der Waals surface area contributed by atoms with Gasteiger partial charge in [-0.3, -0.25) is 14.7 Å². The average Bonchev–Trinajstić information content (AvgIpc) is 2.52. The molecular weight excluding hydrogens is 308 g/mol. The minimum atomic E-state index is 0.105. The molecule has 3 aliphatic heterocycles. The van der Waals surface area contributed by atoms with Gasteiger partial charge in [-0.1, -0.05) is 0 Å². The summed E-state index contributed by atoms with van der Waals surface area (Å²) < 4.78 is 10.7. The van der Waals surface area contributed by atoms with Gasteiger partial charge in [0.2, 0.25) is 0 Å². The third-order valence-electron chi connectivity index (χ3n) is 5.30. The van der Waals surface area contributed by atoms with Gasteiger partial charge < -0.3 is 19.3 Å². The summed E-state index contributed by atoms with van der Waals surface area (Å²) in [7, 11) is 2.13. The molecule has 0 aromatic carbocycles. The van der Waals surface area contributed by atoms with Gasteiger partial charge in [-0.25, -0.2) is 0 Å². The van der Waals surface area contributed by atoms with E-state index in [0.717, 1.165) is 50.6 Å². The molecule has 130 valence electrons. The molecule has 0 unspecified atom stereocenters. The minimum absolute atomic E-state index is 0.105. The molecule has 1 amide bonds. The minimum Gasteiger partial charge on any atom is -0.378 e. The van der Waals surface area contributed by atoms with E-state index in [-0.39, 0.29) is 5.91 Å². The molecule has 1 aromatic heterocycles. The lowest BCUT2D eigenvalue weighted by Crippen LogP contribution is -2.64. The van der Waals surface area contributed by atoms with Crippen LogP contribution in [0.5, 0.6) is 0 Å². The van der Waals surface area contributed by atoms with Crippen molar-refractivity contribution >= 4 is 11.6 Å². The zero-order chi connectivity index (χ0) is 16.5. The number of carbonyl (C=O) groups is 1. The highest BCUT2D eigenvalue weighted by molar-refractivity contribution is 6.00. The van der Waals surface area contributed by atoms with E-state index in [1.807, 2.05) is 11.0 Å². The van der Waals surface area contributed by atoms with Crippen molar-refractivity contribution in [3.05, 3.63) is 24.0 Å². The maximum Gasteiger partial charge on any atom is 0.256 e. The molecular formula is C17H24N4O3. The molecule has 3 saturated heterocycles. The zero-order valence-electron chi connectivity index (χ0n) is 14.1. The molecule has 4 rings (SSSR count).